The normalized spacial score (nSPS) is 11.9. The van der Waals surface area contributed by atoms with Crippen molar-refractivity contribution in [3.8, 4) is 5.75 Å². The van der Waals surface area contributed by atoms with Gasteiger partial charge in [-0.05, 0) is 31.4 Å². The molecule has 3 nitrogen and oxygen atoms in total. The number of esters is 1. The molecule has 0 aromatic heterocycles. The molecule has 0 radical (unpaired) electrons. The Labute approximate surface area is 102 Å². The quantitative estimate of drug-likeness (QED) is 0.581. The first-order valence-electron chi connectivity index (χ1n) is 5.81. The zero-order valence-corrected chi connectivity index (χ0v) is 10.5. The maximum Gasteiger partial charge on any atom is 0.308 e. The molecule has 92 valence electrons. The van der Waals surface area contributed by atoms with E-state index in [1.54, 1.807) is 13.0 Å². The van der Waals surface area contributed by atoms with Gasteiger partial charge in [0.15, 0.2) is 0 Å². The third-order valence-corrected chi connectivity index (χ3v) is 2.76. The number of ketones is 1. The SMILES string of the molecule is CC[C@@H](Cc1ccccc1OC(C)=O)C(C)=O. The highest BCUT2D eigenvalue weighted by Gasteiger charge is 2.15. The summed E-state index contributed by atoms with van der Waals surface area (Å²) in [5.41, 5.74) is 0.907. The Morgan fingerprint density at radius 2 is 1.88 bits per heavy atom. The van der Waals surface area contributed by atoms with Crippen molar-refractivity contribution >= 4 is 11.8 Å². The van der Waals surface area contributed by atoms with Crippen molar-refractivity contribution in [3.63, 3.8) is 0 Å². The molecule has 3 heteroatoms. The van der Waals surface area contributed by atoms with Gasteiger partial charge < -0.3 is 4.74 Å². The number of benzene rings is 1. The standard InChI is InChI=1S/C14H18O3/c1-4-12(10(2)15)9-13-7-5-6-8-14(13)17-11(3)16/h5-8,12H,4,9H2,1-3H3/t12-/m0/s1. The predicted octanol–water partition coefficient (Wildman–Crippen LogP) is 2.77. The molecule has 0 unspecified atom stereocenters. The minimum absolute atomic E-state index is 0.00768. The van der Waals surface area contributed by atoms with Gasteiger partial charge in [0, 0.05) is 12.8 Å². The third kappa shape index (κ3) is 4.02. The molecular formula is C14H18O3. The summed E-state index contributed by atoms with van der Waals surface area (Å²) in [4.78, 5) is 22.4. The summed E-state index contributed by atoms with van der Waals surface area (Å²) in [6, 6.07) is 7.35. The fourth-order valence-corrected chi connectivity index (χ4v) is 1.77. The van der Waals surface area contributed by atoms with E-state index in [9.17, 15) is 9.59 Å². The Balaban J connectivity index is 2.89. The number of carbonyl (C=O) groups excluding carboxylic acids is 2. The molecule has 1 atom stereocenters. The molecule has 0 bridgehead atoms. The van der Waals surface area contributed by atoms with Gasteiger partial charge in [0.1, 0.15) is 11.5 Å². The molecule has 1 aromatic rings. The fraction of sp³-hybridized carbons (Fsp3) is 0.429. The molecule has 0 fully saturated rings. The molecule has 1 aromatic carbocycles. The number of hydrogen-bond donors (Lipinski definition) is 0. The molecule has 0 saturated carbocycles. The summed E-state index contributed by atoms with van der Waals surface area (Å²) < 4.78 is 5.12. The first kappa shape index (κ1) is 13.4. The number of carbonyl (C=O) groups is 2. The zero-order chi connectivity index (χ0) is 12.8. The van der Waals surface area contributed by atoms with Crippen molar-refractivity contribution in [1.82, 2.24) is 0 Å². The first-order valence-corrected chi connectivity index (χ1v) is 5.81. The van der Waals surface area contributed by atoms with Crippen LogP contribution in [0.25, 0.3) is 0 Å². The van der Waals surface area contributed by atoms with Crippen molar-refractivity contribution in [3.05, 3.63) is 29.8 Å². The molecular weight excluding hydrogens is 216 g/mol. The van der Waals surface area contributed by atoms with Crippen LogP contribution in [0.2, 0.25) is 0 Å². The van der Waals surface area contributed by atoms with Gasteiger partial charge in [-0.15, -0.1) is 0 Å². The second kappa shape index (κ2) is 6.18. The van der Waals surface area contributed by atoms with Crippen LogP contribution in [0.1, 0.15) is 32.8 Å². The lowest BCUT2D eigenvalue weighted by atomic mass is 9.93. The van der Waals surface area contributed by atoms with Crippen molar-refractivity contribution in [2.75, 3.05) is 0 Å². The molecule has 0 spiro atoms. The second-order valence-electron chi connectivity index (χ2n) is 4.12. The van der Waals surface area contributed by atoms with Gasteiger partial charge in [-0.2, -0.15) is 0 Å². The van der Waals surface area contributed by atoms with Crippen LogP contribution in [0.15, 0.2) is 24.3 Å². The second-order valence-corrected chi connectivity index (χ2v) is 4.12. The highest BCUT2D eigenvalue weighted by molar-refractivity contribution is 5.78. The fourth-order valence-electron chi connectivity index (χ4n) is 1.77. The highest BCUT2D eigenvalue weighted by Crippen LogP contribution is 2.23. The lowest BCUT2D eigenvalue weighted by Gasteiger charge is -2.14. The van der Waals surface area contributed by atoms with E-state index < -0.39 is 0 Å². The van der Waals surface area contributed by atoms with E-state index in [4.69, 9.17) is 4.74 Å². The third-order valence-electron chi connectivity index (χ3n) is 2.76. The summed E-state index contributed by atoms with van der Waals surface area (Å²) in [5, 5.41) is 0. The Morgan fingerprint density at radius 1 is 1.24 bits per heavy atom. The molecule has 0 aliphatic rings. The van der Waals surface area contributed by atoms with Crippen LogP contribution in [-0.4, -0.2) is 11.8 Å². The predicted molar refractivity (Wildman–Crippen MR) is 65.9 cm³/mol. The average molecular weight is 234 g/mol. The first-order chi connectivity index (χ1) is 8.04. The van der Waals surface area contributed by atoms with Crippen LogP contribution < -0.4 is 4.74 Å². The van der Waals surface area contributed by atoms with Gasteiger partial charge in [-0.1, -0.05) is 25.1 Å². The van der Waals surface area contributed by atoms with E-state index in [-0.39, 0.29) is 17.7 Å². The Bertz CT molecular complexity index is 410. The van der Waals surface area contributed by atoms with Gasteiger partial charge >= 0.3 is 5.97 Å². The summed E-state index contributed by atoms with van der Waals surface area (Å²) in [7, 11) is 0. The molecule has 0 heterocycles. The minimum Gasteiger partial charge on any atom is -0.426 e. The molecule has 0 saturated heterocycles. The van der Waals surface area contributed by atoms with Crippen LogP contribution in [0, 0.1) is 5.92 Å². The van der Waals surface area contributed by atoms with Crippen molar-refractivity contribution in [1.29, 1.82) is 0 Å². The van der Waals surface area contributed by atoms with E-state index >= 15 is 0 Å². The summed E-state index contributed by atoms with van der Waals surface area (Å²) in [5.74, 6) is 0.379. The van der Waals surface area contributed by atoms with E-state index in [0.29, 0.717) is 12.2 Å². The highest BCUT2D eigenvalue weighted by atomic mass is 16.5. The average Bonchev–Trinajstić information content (AvgIpc) is 2.26. The van der Waals surface area contributed by atoms with Crippen molar-refractivity contribution in [2.45, 2.75) is 33.6 Å². The molecule has 1 rings (SSSR count). The monoisotopic (exact) mass is 234 g/mol. The van der Waals surface area contributed by atoms with Crippen LogP contribution in [0.3, 0.4) is 0 Å². The Morgan fingerprint density at radius 3 is 2.41 bits per heavy atom. The van der Waals surface area contributed by atoms with E-state index in [1.165, 1.54) is 6.92 Å². The molecule has 0 amide bonds. The van der Waals surface area contributed by atoms with Crippen LogP contribution in [-0.2, 0) is 16.0 Å². The number of rotatable bonds is 5. The van der Waals surface area contributed by atoms with Gasteiger partial charge in [0.2, 0.25) is 0 Å². The molecule has 0 N–H and O–H groups in total. The number of para-hydroxylation sites is 1. The van der Waals surface area contributed by atoms with E-state index in [1.807, 2.05) is 25.1 Å². The number of Topliss-reactive ketones (excluding diaryl/α,β-unsaturated/α-hetero) is 1. The van der Waals surface area contributed by atoms with Gasteiger partial charge in [-0.3, -0.25) is 9.59 Å². The Hall–Kier alpha value is -1.64. The van der Waals surface area contributed by atoms with Gasteiger partial charge in [-0.25, -0.2) is 0 Å². The lowest BCUT2D eigenvalue weighted by molar-refractivity contribution is -0.131. The molecule has 17 heavy (non-hydrogen) atoms. The van der Waals surface area contributed by atoms with Crippen LogP contribution in [0.4, 0.5) is 0 Å². The number of hydrogen-bond acceptors (Lipinski definition) is 3. The largest absolute Gasteiger partial charge is 0.426 e. The molecule has 0 aliphatic carbocycles. The van der Waals surface area contributed by atoms with Gasteiger partial charge in [0.25, 0.3) is 0 Å². The zero-order valence-electron chi connectivity index (χ0n) is 10.5. The number of ether oxygens (including phenoxy) is 1. The molecule has 0 aliphatic heterocycles. The summed E-state index contributed by atoms with van der Waals surface area (Å²) in [6.45, 7) is 4.96. The maximum absolute atomic E-state index is 11.4. The maximum atomic E-state index is 11.4. The Kier molecular flexibility index (Phi) is 4.88. The van der Waals surface area contributed by atoms with Crippen molar-refractivity contribution < 1.29 is 14.3 Å². The van der Waals surface area contributed by atoms with E-state index in [2.05, 4.69) is 0 Å². The van der Waals surface area contributed by atoms with Crippen molar-refractivity contribution in [2.24, 2.45) is 5.92 Å². The summed E-state index contributed by atoms with van der Waals surface area (Å²) >= 11 is 0. The van der Waals surface area contributed by atoms with E-state index in [0.717, 1.165) is 12.0 Å². The van der Waals surface area contributed by atoms with Crippen LogP contribution in [0.5, 0.6) is 5.75 Å². The smallest absolute Gasteiger partial charge is 0.308 e. The lowest BCUT2D eigenvalue weighted by Crippen LogP contribution is -2.14. The van der Waals surface area contributed by atoms with Crippen LogP contribution >= 0.6 is 0 Å². The topological polar surface area (TPSA) is 43.4 Å². The van der Waals surface area contributed by atoms with Gasteiger partial charge in [0.05, 0.1) is 0 Å². The minimum atomic E-state index is -0.340. The summed E-state index contributed by atoms with van der Waals surface area (Å²) in [6.07, 6.45) is 1.42.